The van der Waals surface area contributed by atoms with E-state index in [2.05, 4.69) is 0 Å². The van der Waals surface area contributed by atoms with E-state index in [4.69, 9.17) is 9.73 Å². The van der Waals surface area contributed by atoms with Crippen molar-refractivity contribution in [3.8, 4) is 5.75 Å². The minimum Gasteiger partial charge on any atom is -0.490 e. The topological polar surface area (TPSA) is 82.4 Å². The molecule has 0 aromatic heterocycles. The van der Waals surface area contributed by atoms with E-state index in [-0.39, 0.29) is 5.91 Å². The number of rotatable bonds is 2. The Morgan fingerprint density at radius 2 is 1.90 bits per heavy atom. The van der Waals surface area contributed by atoms with Crippen LogP contribution < -0.4 is 9.64 Å². The maximum atomic E-state index is 13.6. The van der Waals surface area contributed by atoms with Crippen LogP contribution in [0.3, 0.4) is 0 Å². The number of carbonyl (C=O) groups is 2. The van der Waals surface area contributed by atoms with Gasteiger partial charge in [0.05, 0.1) is 17.9 Å². The third kappa shape index (κ3) is 3.22. The van der Waals surface area contributed by atoms with Crippen LogP contribution in [0.15, 0.2) is 53.5 Å². The van der Waals surface area contributed by atoms with Crippen molar-refractivity contribution in [1.29, 1.82) is 0 Å². The van der Waals surface area contributed by atoms with Crippen molar-refractivity contribution in [3.63, 3.8) is 0 Å². The van der Waals surface area contributed by atoms with E-state index in [0.717, 1.165) is 16.0 Å². The summed E-state index contributed by atoms with van der Waals surface area (Å²) in [7, 11) is 0. The van der Waals surface area contributed by atoms with Gasteiger partial charge < -0.3 is 14.7 Å². The first-order valence-corrected chi connectivity index (χ1v) is 9.52. The van der Waals surface area contributed by atoms with Crippen LogP contribution in [0.25, 0.3) is 0 Å². The molecule has 2 aliphatic heterocycles. The van der Waals surface area contributed by atoms with Crippen molar-refractivity contribution in [2.75, 3.05) is 18.1 Å². The summed E-state index contributed by atoms with van der Waals surface area (Å²) in [6.45, 7) is 5.96. The number of amides is 2. The number of carboxylic acid groups (broad SMARTS) is 1. The first-order chi connectivity index (χ1) is 13.8. The molecule has 2 aliphatic rings. The highest BCUT2D eigenvalue weighted by molar-refractivity contribution is 6.21. The van der Waals surface area contributed by atoms with Gasteiger partial charge in [0.25, 0.3) is 5.91 Å². The van der Waals surface area contributed by atoms with Gasteiger partial charge in [0.2, 0.25) is 6.17 Å². The van der Waals surface area contributed by atoms with Crippen LogP contribution in [0, 0.1) is 0 Å². The van der Waals surface area contributed by atoms with E-state index in [0.29, 0.717) is 30.3 Å². The average molecular weight is 393 g/mol. The minimum absolute atomic E-state index is 0.342. The summed E-state index contributed by atoms with van der Waals surface area (Å²) >= 11 is 0. The fourth-order valence-electron chi connectivity index (χ4n) is 3.83. The normalized spacial score (nSPS) is 18.3. The molecule has 0 saturated carbocycles. The van der Waals surface area contributed by atoms with E-state index >= 15 is 0 Å². The van der Waals surface area contributed by atoms with Crippen molar-refractivity contribution in [2.24, 2.45) is 4.99 Å². The number of benzene rings is 2. The second-order valence-corrected chi connectivity index (χ2v) is 8.03. The van der Waals surface area contributed by atoms with Crippen molar-refractivity contribution >= 4 is 23.4 Å². The number of hydrogen-bond acceptors (Lipinski definition) is 4. The van der Waals surface area contributed by atoms with Crippen LogP contribution in [-0.4, -0.2) is 52.6 Å². The standard InChI is InChI=1S/C22H23N3O4/c1-22(2,3)25(21(27)28)19-20(26)24-12-13-29-16-11-7-10-15(18(16)24)17(23-19)14-8-5-4-6-9-14/h4-11,19H,12-13H2,1-3H3,(H,27,28). The molecule has 1 N–H and O–H groups in total. The smallest absolute Gasteiger partial charge is 0.409 e. The van der Waals surface area contributed by atoms with Crippen LogP contribution >= 0.6 is 0 Å². The lowest BCUT2D eigenvalue weighted by Crippen LogP contribution is -2.57. The zero-order valence-corrected chi connectivity index (χ0v) is 16.6. The van der Waals surface area contributed by atoms with Gasteiger partial charge in [-0.25, -0.2) is 9.79 Å². The second-order valence-electron chi connectivity index (χ2n) is 8.03. The van der Waals surface area contributed by atoms with Crippen LogP contribution in [0.5, 0.6) is 5.75 Å². The maximum absolute atomic E-state index is 13.6. The SMILES string of the molecule is CC(C)(C)N(C(=O)O)C1N=C(c2ccccc2)c2cccc3c2N(CCO3)C1=O. The van der Waals surface area contributed by atoms with Gasteiger partial charge in [-0.2, -0.15) is 0 Å². The molecule has 4 rings (SSSR count). The molecule has 7 heteroatoms. The quantitative estimate of drug-likeness (QED) is 0.848. The van der Waals surface area contributed by atoms with Gasteiger partial charge in [0.15, 0.2) is 0 Å². The minimum atomic E-state index is -1.19. The van der Waals surface area contributed by atoms with Gasteiger partial charge in [0, 0.05) is 16.7 Å². The summed E-state index contributed by atoms with van der Waals surface area (Å²) in [4.78, 5) is 33.2. The molecule has 0 aliphatic carbocycles. The van der Waals surface area contributed by atoms with E-state index in [9.17, 15) is 14.7 Å². The zero-order chi connectivity index (χ0) is 20.8. The third-order valence-corrected chi connectivity index (χ3v) is 5.06. The molecule has 1 atom stereocenters. The van der Waals surface area contributed by atoms with Gasteiger partial charge >= 0.3 is 6.09 Å². The molecule has 0 spiro atoms. The lowest BCUT2D eigenvalue weighted by Gasteiger charge is -2.38. The second kappa shape index (κ2) is 6.92. The first-order valence-electron chi connectivity index (χ1n) is 9.52. The van der Waals surface area contributed by atoms with Crippen LogP contribution in [0.4, 0.5) is 10.5 Å². The Morgan fingerprint density at radius 3 is 2.55 bits per heavy atom. The fourth-order valence-corrected chi connectivity index (χ4v) is 3.83. The average Bonchev–Trinajstić information content (AvgIpc) is 2.80. The summed E-state index contributed by atoms with van der Waals surface area (Å²) in [6, 6.07) is 15.1. The molecule has 0 bridgehead atoms. The summed E-state index contributed by atoms with van der Waals surface area (Å²) in [5.41, 5.74) is 1.97. The van der Waals surface area contributed by atoms with Crippen LogP contribution in [0.2, 0.25) is 0 Å². The van der Waals surface area contributed by atoms with Crippen molar-refractivity contribution in [2.45, 2.75) is 32.5 Å². The molecule has 150 valence electrons. The Morgan fingerprint density at radius 1 is 1.17 bits per heavy atom. The molecular formula is C22H23N3O4. The van der Waals surface area contributed by atoms with Gasteiger partial charge in [-0.15, -0.1) is 0 Å². The summed E-state index contributed by atoms with van der Waals surface area (Å²) in [5.74, 6) is 0.231. The van der Waals surface area contributed by atoms with Gasteiger partial charge in [-0.05, 0) is 26.8 Å². The Hall–Kier alpha value is -3.35. The predicted molar refractivity (Wildman–Crippen MR) is 110 cm³/mol. The van der Waals surface area contributed by atoms with Crippen molar-refractivity contribution in [3.05, 3.63) is 59.7 Å². The number of nitrogens with zero attached hydrogens (tertiary/aromatic N) is 3. The fraction of sp³-hybridized carbons (Fsp3) is 0.318. The Balaban J connectivity index is 1.99. The van der Waals surface area contributed by atoms with E-state index in [1.807, 2.05) is 48.5 Å². The number of para-hydroxylation sites is 1. The molecule has 0 saturated heterocycles. The van der Waals surface area contributed by atoms with E-state index in [1.54, 1.807) is 25.7 Å². The highest BCUT2D eigenvalue weighted by atomic mass is 16.5. The van der Waals surface area contributed by atoms with E-state index in [1.165, 1.54) is 0 Å². The summed E-state index contributed by atoms with van der Waals surface area (Å²) in [5, 5.41) is 9.93. The van der Waals surface area contributed by atoms with Gasteiger partial charge in [-0.1, -0.05) is 42.5 Å². The number of ether oxygens (including phenoxy) is 1. The molecule has 0 fully saturated rings. The van der Waals surface area contributed by atoms with E-state index < -0.39 is 17.8 Å². The number of aliphatic imine (C=N–C) groups is 1. The molecule has 2 aromatic carbocycles. The van der Waals surface area contributed by atoms with Crippen molar-refractivity contribution < 1.29 is 19.4 Å². The molecular weight excluding hydrogens is 370 g/mol. The highest BCUT2D eigenvalue weighted by Crippen LogP contribution is 2.39. The zero-order valence-electron chi connectivity index (χ0n) is 16.6. The largest absolute Gasteiger partial charge is 0.490 e. The molecule has 7 nitrogen and oxygen atoms in total. The van der Waals surface area contributed by atoms with Crippen molar-refractivity contribution in [1.82, 2.24) is 4.90 Å². The monoisotopic (exact) mass is 393 g/mol. The lowest BCUT2D eigenvalue weighted by molar-refractivity contribution is -0.124. The number of anilines is 1. The predicted octanol–water partition coefficient (Wildman–Crippen LogP) is 3.37. The molecule has 2 aromatic rings. The van der Waals surface area contributed by atoms with Gasteiger partial charge in [0.1, 0.15) is 12.4 Å². The maximum Gasteiger partial charge on any atom is 0.409 e. The number of carbonyl (C=O) groups excluding carboxylic acids is 1. The summed E-state index contributed by atoms with van der Waals surface area (Å²) in [6.07, 6.45) is -2.38. The Labute approximate surface area is 169 Å². The lowest BCUT2D eigenvalue weighted by atomic mass is 9.99. The van der Waals surface area contributed by atoms with Crippen LogP contribution in [-0.2, 0) is 4.79 Å². The number of hydrogen-bond donors (Lipinski definition) is 1. The summed E-state index contributed by atoms with van der Waals surface area (Å²) < 4.78 is 5.79. The molecule has 0 radical (unpaired) electrons. The third-order valence-electron chi connectivity index (χ3n) is 5.06. The molecule has 29 heavy (non-hydrogen) atoms. The molecule has 2 amide bonds. The molecule has 1 unspecified atom stereocenters. The first kappa shape index (κ1) is 19.0. The molecule has 2 heterocycles. The Bertz CT molecular complexity index is 995. The highest BCUT2D eigenvalue weighted by Gasteiger charge is 2.43. The van der Waals surface area contributed by atoms with Gasteiger partial charge in [-0.3, -0.25) is 9.69 Å². The van der Waals surface area contributed by atoms with Crippen LogP contribution in [0.1, 0.15) is 31.9 Å². The Kier molecular flexibility index (Phi) is 4.53.